The number of anilines is 1. The summed E-state index contributed by atoms with van der Waals surface area (Å²) in [5, 5.41) is 9.82. The van der Waals surface area contributed by atoms with Gasteiger partial charge >= 0.3 is 5.69 Å². The minimum absolute atomic E-state index is 0.245. The Bertz CT molecular complexity index is 688. The first kappa shape index (κ1) is 14.1. The fourth-order valence-corrected chi connectivity index (χ4v) is 2.94. The summed E-state index contributed by atoms with van der Waals surface area (Å²) < 4.78 is 1.47. The molecule has 1 aliphatic heterocycles. The van der Waals surface area contributed by atoms with Gasteiger partial charge in [0.05, 0.1) is 0 Å². The summed E-state index contributed by atoms with van der Waals surface area (Å²) in [6.45, 7) is 9.50. The average molecular weight is 290 g/mol. The lowest BCUT2D eigenvalue weighted by Crippen LogP contribution is -2.29. The molecule has 0 aliphatic carbocycles. The van der Waals surface area contributed by atoms with Gasteiger partial charge in [-0.25, -0.2) is 19.3 Å². The highest BCUT2D eigenvalue weighted by Crippen LogP contribution is 2.19. The zero-order chi connectivity index (χ0) is 15.0. The van der Waals surface area contributed by atoms with E-state index < -0.39 is 0 Å². The zero-order valence-electron chi connectivity index (χ0n) is 12.8. The van der Waals surface area contributed by atoms with E-state index in [1.807, 2.05) is 6.92 Å². The third-order valence-corrected chi connectivity index (χ3v) is 4.19. The van der Waals surface area contributed by atoms with Crippen LogP contribution in [0.5, 0.6) is 0 Å². The topological polar surface area (TPSA) is 78.3 Å². The molecule has 0 bridgehead atoms. The van der Waals surface area contributed by atoms with Gasteiger partial charge in [-0.05, 0) is 39.7 Å². The Morgan fingerprint density at radius 2 is 2.33 bits per heavy atom. The highest BCUT2D eigenvalue weighted by molar-refractivity contribution is 5.49. The maximum atomic E-state index is 11.6. The van der Waals surface area contributed by atoms with E-state index in [2.05, 4.69) is 39.2 Å². The molecule has 1 saturated heterocycles. The maximum Gasteiger partial charge on any atom is 0.349 e. The number of aromatic amines is 1. The normalized spacial score (nSPS) is 19.7. The Kier molecular flexibility index (Phi) is 3.67. The van der Waals surface area contributed by atoms with Gasteiger partial charge in [-0.3, -0.25) is 0 Å². The monoisotopic (exact) mass is 290 g/mol. The minimum atomic E-state index is -0.245. The van der Waals surface area contributed by atoms with E-state index >= 15 is 0 Å². The Balaban J connectivity index is 1.67. The van der Waals surface area contributed by atoms with Crippen LogP contribution in [-0.4, -0.2) is 50.2 Å². The van der Waals surface area contributed by atoms with E-state index in [0.29, 0.717) is 23.4 Å². The Morgan fingerprint density at radius 1 is 1.52 bits per heavy atom. The fourth-order valence-electron chi connectivity index (χ4n) is 2.94. The second kappa shape index (κ2) is 5.48. The Hall–Kier alpha value is -1.89. The van der Waals surface area contributed by atoms with Crippen LogP contribution >= 0.6 is 0 Å². The number of fused-ring (bicyclic) bond motifs is 1. The molecule has 2 aromatic rings. The summed E-state index contributed by atoms with van der Waals surface area (Å²) in [6.07, 6.45) is 1.22. The molecule has 2 N–H and O–H groups in total. The van der Waals surface area contributed by atoms with Crippen LogP contribution in [0.2, 0.25) is 0 Å². The first-order valence-corrected chi connectivity index (χ1v) is 7.47. The van der Waals surface area contributed by atoms with Crippen molar-refractivity contribution in [3.63, 3.8) is 0 Å². The minimum Gasteiger partial charge on any atom is -0.370 e. The molecule has 7 heteroatoms. The molecule has 21 heavy (non-hydrogen) atoms. The summed E-state index contributed by atoms with van der Waals surface area (Å²) in [6, 6.07) is 2.42. The van der Waals surface area contributed by atoms with Gasteiger partial charge in [-0.1, -0.05) is 0 Å². The standard InChI is InChI=1S/C14H22N6O/c1-9(2)19-5-4-11(8-19)7-15-12-6-13-17-18-14(21)20(13)10(3)16-12/h6,9,11,15H,4-5,7-8H2,1-3H3,(H,18,21). The molecule has 0 amide bonds. The van der Waals surface area contributed by atoms with E-state index in [1.54, 1.807) is 6.07 Å². The van der Waals surface area contributed by atoms with Gasteiger partial charge in [-0.15, -0.1) is 0 Å². The average Bonchev–Trinajstić information content (AvgIpc) is 3.04. The number of nitrogens with one attached hydrogen (secondary N) is 2. The van der Waals surface area contributed by atoms with E-state index in [4.69, 9.17) is 0 Å². The predicted molar refractivity (Wildman–Crippen MR) is 81.7 cm³/mol. The quantitative estimate of drug-likeness (QED) is 0.873. The van der Waals surface area contributed by atoms with Crippen LogP contribution < -0.4 is 11.0 Å². The van der Waals surface area contributed by atoms with Crippen molar-refractivity contribution >= 4 is 11.5 Å². The van der Waals surface area contributed by atoms with Gasteiger partial charge < -0.3 is 10.2 Å². The van der Waals surface area contributed by atoms with Gasteiger partial charge in [0.2, 0.25) is 0 Å². The van der Waals surface area contributed by atoms with E-state index in [-0.39, 0.29) is 5.69 Å². The summed E-state index contributed by atoms with van der Waals surface area (Å²) >= 11 is 0. The van der Waals surface area contributed by atoms with E-state index in [9.17, 15) is 4.79 Å². The van der Waals surface area contributed by atoms with Gasteiger partial charge in [-0.2, -0.15) is 5.10 Å². The summed E-state index contributed by atoms with van der Waals surface area (Å²) in [4.78, 5) is 18.5. The van der Waals surface area contributed by atoms with Crippen molar-refractivity contribution in [3.05, 3.63) is 22.4 Å². The smallest absolute Gasteiger partial charge is 0.349 e. The highest BCUT2D eigenvalue weighted by atomic mass is 16.1. The van der Waals surface area contributed by atoms with Crippen LogP contribution in [0.4, 0.5) is 5.82 Å². The van der Waals surface area contributed by atoms with Crippen LogP contribution in [-0.2, 0) is 0 Å². The lowest BCUT2D eigenvalue weighted by atomic mass is 10.1. The molecule has 2 aromatic heterocycles. The van der Waals surface area contributed by atoms with Crippen molar-refractivity contribution in [3.8, 4) is 0 Å². The van der Waals surface area contributed by atoms with Crippen molar-refractivity contribution < 1.29 is 0 Å². The molecule has 1 unspecified atom stereocenters. The van der Waals surface area contributed by atoms with Crippen LogP contribution in [0.15, 0.2) is 10.9 Å². The molecular formula is C14H22N6O. The van der Waals surface area contributed by atoms with Gasteiger partial charge in [0.15, 0.2) is 5.65 Å². The molecule has 114 valence electrons. The van der Waals surface area contributed by atoms with Crippen molar-refractivity contribution in [1.29, 1.82) is 0 Å². The van der Waals surface area contributed by atoms with Crippen LogP contribution in [0, 0.1) is 12.8 Å². The second-order valence-corrected chi connectivity index (χ2v) is 6.04. The zero-order valence-corrected chi connectivity index (χ0v) is 12.8. The highest BCUT2D eigenvalue weighted by Gasteiger charge is 2.23. The summed E-state index contributed by atoms with van der Waals surface area (Å²) in [5.41, 5.74) is 0.357. The number of aromatic nitrogens is 4. The van der Waals surface area contributed by atoms with Crippen molar-refractivity contribution in [1.82, 2.24) is 24.5 Å². The van der Waals surface area contributed by atoms with Gasteiger partial charge in [0.1, 0.15) is 11.6 Å². The SMILES string of the molecule is Cc1nc(NCC2CCN(C(C)C)C2)cc2n[nH]c(=O)n12. The molecule has 1 aliphatic rings. The number of rotatable bonds is 4. The molecule has 3 rings (SSSR count). The molecule has 1 atom stereocenters. The fraction of sp³-hybridized carbons (Fsp3) is 0.643. The predicted octanol–water partition coefficient (Wildman–Crippen LogP) is 0.868. The third-order valence-electron chi connectivity index (χ3n) is 4.19. The Morgan fingerprint density at radius 3 is 3.05 bits per heavy atom. The summed E-state index contributed by atoms with van der Waals surface area (Å²) in [5.74, 6) is 2.07. The van der Waals surface area contributed by atoms with Crippen molar-refractivity contribution in [2.75, 3.05) is 25.0 Å². The van der Waals surface area contributed by atoms with Gasteiger partial charge in [0.25, 0.3) is 0 Å². The van der Waals surface area contributed by atoms with Crippen LogP contribution in [0.3, 0.4) is 0 Å². The number of likely N-dealkylation sites (tertiary alicyclic amines) is 1. The van der Waals surface area contributed by atoms with E-state index in [0.717, 1.165) is 18.9 Å². The molecule has 0 aromatic carbocycles. The van der Waals surface area contributed by atoms with Crippen molar-refractivity contribution in [2.45, 2.75) is 33.2 Å². The molecular weight excluding hydrogens is 268 g/mol. The number of hydrogen-bond donors (Lipinski definition) is 2. The molecule has 0 spiro atoms. The first-order chi connectivity index (χ1) is 10.0. The number of aryl methyl sites for hydroxylation is 1. The largest absolute Gasteiger partial charge is 0.370 e. The van der Waals surface area contributed by atoms with Crippen molar-refractivity contribution in [2.24, 2.45) is 5.92 Å². The van der Waals surface area contributed by atoms with Crippen LogP contribution in [0.25, 0.3) is 5.65 Å². The first-order valence-electron chi connectivity index (χ1n) is 7.47. The van der Waals surface area contributed by atoms with Crippen LogP contribution in [0.1, 0.15) is 26.1 Å². The molecule has 7 nitrogen and oxygen atoms in total. The molecule has 3 heterocycles. The molecule has 0 saturated carbocycles. The number of hydrogen-bond acceptors (Lipinski definition) is 5. The van der Waals surface area contributed by atoms with Gasteiger partial charge in [0, 0.05) is 25.2 Å². The molecule has 0 radical (unpaired) electrons. The Labute approximate surface area is 123 Å². The second-order valence-electron chi connectivity index (χ2n) is 6.04. The number of H-pyrrole nitrogens is 1. The maximum absolute atomic E-state index is 11.6. The third kappa shape index (κ3) is 2.78. The lowest BCUT2D eigenvalue weighted by molar-refractivity contribution is 0.266. The molecule has 1 fully saturated rings. The summed E-state index contributed by atoms with van der Waals surface area (Å²) in [7, 11) is 0. The number of nitrogens with zero attached hydrogens (tertiary/aromatic N) is 4. The lowest BCUT2D eigenvalue weighted by Gasteiger charge is -2.20. The van der Waals surface area contributed by atoms with E-state index in [1.165, 1.54) is 17.4 Å².